The van der Waals surface area contributed by atoms with Gasteiger partial charge in [-0.3, -0.25) is 0 Å². The van der Waals surface area contributed by atoms with Crippen molar-refractivity contribution in [3.63, 3.8) is 0 Å². The maximum absolute atomic E-state index is 4.78. The molecule has 0 unspecified atom stereocenters. The maximum atomic E-state index is 4.78. The number of fused-ring (bicyclic) bond motifs is 24. The van der Waals surface area contributed by atoms with Crippen molar-refractivity contribution in [1.82, 2.24) is 79.7 Å². The van der Waals surface area contributed by atoms with Gasteiger partial charge in [0.2, 0.25) is 0 Å². The molecule has 0 amide bonds. The van der Waals surface area contributed by atoms with Crippen LogP contribution in [0.1, 0.15) is 291 Å². The van der Waals surface area contributed by atoms with Gasteiger partial charge >= 0.3 is 0 Å². The predicted octanol–water partition coefficient (Wildman–Crippen LogP) is 39.7. The fourth-order valence-electron chi connectivity index (χ4n) is 21.5. The Morgan fingerprint density at radius 1 is 0.211 bits per heavy atom. The number of nitrogens with zero attached hydrogens (tertiary/aromatic N) is 16. The summed E-state index contributed by atoms with van der Waals surface area (Å²) in [7, 11) is 0. The molecule has 24 rings (SSSR count). The van der Waals surface area contributed by atoms with Crippen LogP contribution in [0.4, 0.5) is 0 Å². The minimum Gasteiger partial charge on any atom is -0.239 e. The summed E-state index contributed by atoms with van der Waals surface area (Å²) in [4.78, 5) is 73.7. The second kappa shape index (κ2) is 49.5. The van der Waals surface area contributed by atoms with E-state index < -0.39 is 0 Å². The van der Waals surface area contributed by atoms with Gasteiger partial charge in [0.25, 0.3) is 0 Å². The van der Waals surface area contributed by atoms with E-state index in [-0.39, 0.29) is 16.2 Å². The fraction of sp³-hybridized carbons (Fsp3) is 0.304. The summed E-state index contributed by atoms with van der Waals surface area (Å²) in [5.74, 6) is 1.71. The first-order valence-corrected chi connectivity index (χ1v) is 62.1. The first-order valence-electron chi connectivity index (χ1n) is 49.4. The van der Waals surface area contributed by atoms with Gasteiger partial charge in [0.05, 0.1) is 91.1 Å². The lowest BCUT2D eigenvalue weighted by atomic mass is 9.71. The zero-order chi connectivity index (χ0) is 104. The lowest BCUT2D eigenvalue weighted by Gasteiger charge is -2.32. The van der Waals surface area contributed by atoms with E-state index in [9.17, 15) is 0 Å². The molecule has 16 heterocycles. The highest BCUT2D eigenvalue weighted by Crippen LogP contribution is 2.57. The van der Waals surface area contributed by atoms with Crippen molar-refractivity contribution in [2.75, 3.05) is 0 Å². The first kappa shape index (κ1) is 112. The van der Waals surface area contributed by atoms with E-state index in [1.807, 2.05) is 84.9 Å². The Bertz CT molecular complexity index is 7230. The number of aromatic nitrogens is 16. The Morgan fingerprint density at radius 2 is 0.422 bits per heavy atom. The van der Waals surface area contributed by atoms with Crippen molar-refractivity contribution in [3.05, 3.63) is 357 Å². The van der Waals surface area contributed by atoms with Crippen LogP contribution < -0.4 is 0 Å². The molecule has 0 fully saturated rings. The zero-order valence-corrected chi connectivity index (χ0v) is 108. The summed E-state index contributed by atoms with van der Waals surface area (Å²) >= 11 is 55.1. The third kappa shape index (κ3) is 23.9. The highest BCUT2D eigenvalue weighted by atomic mass is 79.9. The monoisotopic (exact) mass is 2970 g/mol. The SMILES string of the molecule is Brc1ccc2c(n1)-c1nc(Br)ccc1C2.CC1(C)c2ccc(Br)nc2-c2nc(Br)ccc21.CC1c2ccc(Br)nc2-c2nc(Br)ccc21.CCC1(CC)c2ccc(Br)nc2-c2nc(Br)ccc21.CCC1c2ccc(Br)nc2-c2nc(Br)ccc21.CCCCC1(CCCC)c2ccc(Br)nc2-c2nc(Br)ccc21.CCCCC1c2ccc(Br)nc2-c2nc(Br)ccc21.CCCCCCC1c2ccc(Br)nc2-c2nc(Br)ccc21. The molecule has 0 radical (unpaired) electrons. The Labute approximate surface area is 994 Å². The van der Waals surface area contributed by atoms with Crippen LogP contribution in [-0.2, 0) is 22.7 Å². The average molecular weight is 2990 g/mol. The lowest BCUT2D eigenvalue weighted by Crippen LogP contribution is -2.25. The van der Waals surface area contributed by atoms with Crippen LogP contribution in [0.15, 0.2) is 268 Å². The number of unbranched alkanes of at least 4 members (excludes halogenated alkanes) is 6. The van der Waals surface area contributed by atoms with E-state index in [1.54, 1.807) is 0 Å². The molecule has 16 aromatic heterocycles. The highest BCUT2D eigenvalue weighted by molar-refractivity contribution is 9.13. The molecule has 16 aromatic rings. The summed E-state index contributed by atoms with van der Waals surface area (Å²) in [6.45, 7) is 22.3. The molecule has 0 aromatic carbocycles. The van der Waals surface area contributed by atoms with E-state index in [0.29, 0.717) is 23.7 Å². The van der Waals surface area contributed by atoms with Gasteiger partial charge in [-0.2, -0.15) is 0 Å². The second-order valence-electron chi connectivity index (χ2n) is 37.7. The summed E-state index contributed by atoms with van der Waals surface area (Å²) in [5, 5.41) is 0. The van der Waals surface area contributed by atoms with Gasteiger partial charge in [0.15, 0.2) is 0 Å². The van der Waals surface area contributed by atoms with Gasteiger partial charge < -0.3 is 0 Å². The van der Waals surface area contributed by atoms with Crippen molar-refractivity contribution in [2.45, 2.75) is 225 Å². The Hall–Kier alpha value is -5.92. The molecule has 754 valence electrons. The second-order valence-corrected chi connectivity index (χ2v) is 50.7. The molecule has 0 spiro atoms. The Morgan fingerprint density at radius 3 is 0.687 bits per heavy atom. The van der Waals surface area contributed by atoms with Crippen molar-refractivity contribution in [1.29, 1.82) is 0 Å². The quantitative estimate of drug-likeness (QED) is 0.0614. The molecule has 0 saturated heterocycles. The summed E-state index contributed by atoms with van der Waals surface area (Å²) in [5.41, 5.74) is 37.1. The van der Waals surface area contributed by atoms with Crippen LogP contribution >= 0.6 is 255 Å². The topological polar surface area (TPSA) is 206 Å². The molecule has 16 nitrogen and oxygen atoms in total. The van der Waals surface area contributed by atoms with Crippen LogP contribution in [0.5, 0.6) is 0 Å². The van der Waals surface area contributed by atoms with Crippen LogP contribution in [0.25, 0.3) is 91.1 Å². The van der Waals surface area contributed by atoms with E-state index >= 15 is 0 Å². The maximum Gasteiger partial charge on any atom is 0.106 e. The molecular formula is C115H102Br16N16. The van der Waals surface area contributed by atoms with Crippen LogP contribution in [0, 0.1) is 0 Å². The molecule has 0 N–H and O–H groups in total. The molecule has 8 aliphatic carbocycles. The van der Waals surface area contributed by atoms with Crippen molar-refractivity contribution < 1.29 is 0 Å². The Balaban J connectivity index is 0.000000115. The Kier molecular flexibility index (Phi) is 37.7. The molecule has 147 heavy (non-hydrogen) atoms. The third-order valence-corrected chi connectivity index (χ3v) is 35.8. The van der Waals surface area contributed by atoms with Gasteiger partial charge in [-0.05, 0) is 486 Å². The lowest BCUT2D eigenvalue weighted by molar-refractivity contribution is 0.413. The minimum absolute atomic E-state index is 0.0218. The van der Waals surface area contributed by atoms with Crippen LogP contribution in [0.2, 0.25) is 0 Å². The fourth-order valence-corrected chi connectivity index (χ4v) is 26.5. The van der Waals surface area contributed by atoms with E-state index in [2.05, 4.69) is 503 Å². The predicted molar refractivity (Wildman–Crippen MR) is 651 cm³/mol. The summed E-state index contributed by atoms with van der Waals surface area (Å²) < 4.78 is 13.8. The minimum atomic E-state index is -0.0218. The number of halogens is 16. The smallest absolute Gasteiger partial charge is 0.106 e. The number of rotatable bonds is 17. The number of hydrogen-bond donors (Lipinski definition) is 0. The van der Waals surface area contributed by atoms with Gasteiger partial charge in [-0.25, -0.2) is 79.7 Å². The van der Waals surface area contributed by atoms with Crippen molar-refractivity contribution >= 4 is 255 Å². The molecule has 0 bridgehead atoms. The van der Waals surface area contributed by atoms with Gasteiger partial charge in [-0.15, -0.1) is 0 Å². The van der Waals surface area contributed by atoms with E-state index in [0.717, 1.165) is 190 Å². The average Bonchev–Trinajstić information content (AvgIpc) is 1.56. The highest BCUT2D eigenvalue weighted by Gasteiger charge is 2.47. The molecule has 0 atom stereocenters. The molecule has 0 saturated carbocycles. The largest absolute Gasteiger partial charge is 0.239 e. The van der Waals surface area contributed by atoms with Crippen LogP contribution in [-0.4, -0.2) is 79.7 Å². The number of pyridine rings is 16. The zero-order valence-electron chi connectivity index (χ0n) is 82.2. The first-order chi connectivity index (χ1) is 70.7. The summed E-state index contributed by atoms with van der Waals surface area (Å²) in [6.07, 6.45) is 21.4. The normalized spacial score (nSPS) is 14.0. The van der Waals surface area contributed by atoms with E-state index in [4.69, 9.17) is 9.97 Å². The number of hydrogen-bond acceptors (Lipinski definition) is 16. The van der Waals surface area contributed by atoms with Crippen molar-refractivity contribution in [2.24, 2.45) is 0 Å². The van der Waals surface area contributed by atoms with Gasteiger partial charge in [0.1, 0.15) is 73.7 Å². The molecule has 0 aliphatic heterocycles. The standard InChI is InChI=1S/C19H22Br2N2.C17H18Br2N2.2C15H14Br2N2.2C13H10Br2N2.C12H8Br2N2.C11H6Br2N2/c1-3-5-11-19(12-6-4-2)13-7-9-15(20)22-17(13)18-14(19)8-10-16(21)23-18;1-2-3-4-5-6-11-12-7-9-14(18)20-16(12)17-13(11)8-10-15(19)21-17;1-3-15(4-2)9-5-7-11(16)18-13(9)14-10(15)6-8-12(17)19-14;1-2-3-4-9-10-5-7-12(16)18-14(10)15-11(9)6-8-13(17)19-15;1-13(2)7-3-5-9(14)16-11(7)12-8(13)4-6-10(15)17-12;1-2-7-8-3-5-10(14)16-12(8)13-9(7)4-6-11(15)17-13;1-6-7-2-4-9(13)15-11(7)12-8(6)3-5-10(14)16-12;12-8-3-1-6-5-7-2-4-9(13)15-11(7)10(6)14-8/h7-10H,3-6,11-12H2,1-2H3;7-11H,2-6H2,1H3;5-8H,3-4H2,1-2H3;5-9H,2-4H2,1H3;3-6H,1-2H3;3-7H,2H2,1H3;2-6H,1H3;1-4H,5H2. The van der Waals surface area contributed by atoms with Gasteiger partial charge in [-0.1, -0.05) is 231 Å². The molecule has 8 aliphatic rings. The van der Waals surface area contributed by atoms with Gasteiger partial charge in [0, 0.05) is 46.3 Å². The van der Waals surface area contributed by atoms with Crippen molar-refractivity contribution in [3.8, 4) is 91.1 Å². The third-order valence-electron chi connectivity index (χ3n) is 28.7. The molecule has 32 heteroatoms. The molecular weight excluding hydrogens is 2880 g/mol. The summed E-state index contributed by atoms with van der Waals surface area (Å²) in [6, 6.07) is 66.9. The van der Waals surface area contributed by atoms with E-state index in [1.165, 1.54) is 179 Å². The van der Waals surface area contributed by atoms with Crippen LogP contribution in [0.3, 0.4) is 0 Å².